The van der Waals surface area contributed by atoms with E-state index in [1.165, 1.54) is 12.1 Å². The predicted molar refractivity (Wildman–Crippen MR) is 73.1 cm³/mol. The van der Waals surface area contributed by atoms with Crippen LogP contribution in [-0.4, -0.2) is 9.91 Å². The van der Waals surface area contributed by atoms with Crippen molar-refractivity contribution in [2.45, 2.75) is 0 Å². The van der Waals surface area contributed by atoms with Gasteiger partial charge in [-0.05, 0) is 18.2 Å². The van der Waals surface area contributed by atoms with Crippen molar-refractivity contribution in [2.75, 3.05) is 10.7 Å². The molecular formula is C12H9FN6O2. The van der Waals surface area contributed by atoms with Crippen molar-refractivity contribution in [1.82, 2.24) is 4.98 Å². The second-order valence-corrected chi connectivity index (χ2v) is 3.92. The number of nitro groups is 1. The Hall–Kier alpha value is -3.25. The number of hydrogen-bond donors (Lipinski definition) is 3. The molecule has 0 aliphatic rings. The number of hydrazine groups is 1. The van der Waals surface area contributed by atoms with Crippen LogP contribution in [0.25, 0.3) is 0 Å². The van der Waals surface area contributed by atoms with Gasteiger partial charge in [-0.15, -0.1) is 0 Å². The zero-order valence-electron chi connectivity index (χ0n) is 10.5. The zero-order chi connectivity index (χ0) is 15.4. The van der Waals surface area contributed by atoms with Gasteiger partial charge in [-0.1, -0.05) is 0 Å². The second kappa shape index (κ2) is 5.81. The SMILES string of the molecule is N#Cc1cc(F)ccc1Nc1cc([N+](=O)[O-])cc(NN)n1. The first kappa shape index (κ1) is 14.2. The third-order valence-electron chi connectivity index (χ3n) is 2.53. The molecule has 0 fully saturated rings. The van der Waals surface area contributed by atoms with Gasteiger partial charge in [0.1, 0.15) is 23.5 Å². The van der Waals surface area contributed by atoms with Crippen molar-refractivity contribution in [3.05, 3.63) is 51.8 Å². The van der Waals surface area contributed by atoms with Crippen molar-refractivity contribution in [1.29, 1.82) is 5.26 Å². The van der Waals surface area contributed by atoms with Crippen molar-refractivity contribution < 1.29 is 9.31 Å². The van der Waals surface area contributed by atoms with E-state index < -0.39 is 10.7 Å². The lowest BCUT2D eigenvalue weighted by Gasteiger charge is -2.09. The maximum absolute atomic E-state index is 13.1. The van der Waals surface area contributed by atoms with Crippen molar-refractivity contribution >= 4 is 23.0 Å². The molecule has 0 saturated carbocycles. The van der Waals surface area contributed by atoms with Crippen LogP contribution in [0.2, 0.25) is 0 Å². The maximum atomic E-state index is 13.1. The number of halogens is 1. The number of anilines is 3. The van der Waals surface area contributed by atoms with Gasteiger partial charge in [0.25, 0.3) is 5.69 Å². The van der Waals surface area contributed by atoms with Crippen LogP contribution in [0.5, 0.6) is 0 Å². The van der Waals surface area contributed by atoms with Crippen LogP contribution in [0.4, 0.5) is 27.4 Å². The summed E-state index contributed by atoms with van der Waals surface area (Å²) in [6, 6.07) is 7.68. The first-order chi connectivity index (χ1) is 10.0. The molecule has 1 aromatic carbocycles. The van der Waals surface area contributed by atoms with E-state index >= 15 is 0 Å². The Labute approximate surface area is 118 Å². The molecule has 0 bridgehead atoms. The molecule has 1 heterocycles. The lowest BCUT2D eigenvalue weighted by molar-refractivity contribution is -0.384. The molecule has 1 aromatic heterocycles. The van der Waals surface area contributed by atoms with E-state index in [4.69, 9.17) is 11.1 Å². The number of nitrogens with zero attached hydrogens (tertiary/aromatic N) is 3. The van der Waals surface area contributed by atoms with Crippen LogP contribution in [0.3, 0.4) is 0 Å². The van der Waals surface area contributed by atoms with Gasteiger partial charge >= 0.3 is 0 Å². The number of nitrogens with two attached hydrogens (primary N) is 1. The number of aromatic nitrogens is 1. The number of pyridine rings is 1. The van der Waals surface area contributed by atoms with Gasteiger partial charge in [0, 0.05) is 0 Å². The molecular weight excluding hydrogens is 279 g/mol. The summed E-state index contributed by atoms with van der Waals surface area (Å²) in [4.78, 5) is 14.2. The lowest BCUT2D eigenvalue weighted by atomic mass is 10.2. The van der Waals surface area contributed by atoms with Gasteiger partial charge in [0.05, 0.1) is 28.3 Å². The van der Waals surface area contributed by atoms with Gasteiger partial charge in [0.2, 0.25) is 0 Å². The topological polar surface area (TPSA) is 130 Å². The fourth-order valence-corrected chi connectivity index (χ4v) is 1.62. The Bertz CT molecular complexity index is 743. The molecule has 9 heteroatoms. The zero-order valence-corrected chi connectivity index (χ0v) is 10.5. The first-order valence-corrected chi connectivity index (χ1v) is 5.63. The van der Waals surface area contributed by atoms with E-state index in [1.54, 1.807) is 0 Å². The van der Waals surface area contributed by atoms with E-state index in [0.717, 1.165) is 18.2 Å². The number of hydrogen-bond acceptors (Lipinski definition) is 7. The quantitative estimate of drug-likeness (QED) is 0.445. The minimum atomic E-state index is -0.608. The van der Waals surface area contributed by atoms with E-state index in [-0.39, 0.29) is 28.6 Å². The third kappa shape index (κ3) is 3.20. The fraction of sp³-hybridized carbons (Fsp3) is 0. The highest BCUT2D eigenvalue weighted by Gasteiger charge is 2.12. The summed E-state index contributed by atoms with van der Waals surface area (Å²) in [5.41, 5.74) is 2.29. The average Bonchev–Trinajstić information content (AvgIpc) is 2.48. The Morgan fingerprint density at radius 2 is 2.05 bits per heavy atom. The molecule has 106 valence electrons. The van der Waals surface area contributed by atoms with E-state index in [9.17, 15) is 14.5 Å². The molecule has 0 aliphatic heterocycles. The minimum absolute atomic E-state index is 0.0468. The molecule has 21 heavy (non-hydrogen) atoms. The molecule has 0 spiro atoms. The van der Waals surface area contributed by atoms with Crippen molar-refractivity contribution in [2.24, 2.45) is 5.84 Å². The second-order valence-electron chi connectivity index (χ2n) is 3.92. The molecule has 2 rings (SSSR count). The van der Waals surface area contributed by atoms with Crippen LogP contribution in [0, 0.1) is 27.3 Å². The molecule has 2 aromatic rings. The maximum Gasteiger partial charge on any atom is 0.276 e. The largest absolute Gasteiger partial charge is 0.339 e. The van der Waals surface area contributed by atoms with Gasteiger partial charge in [0.15, 0.2) is 0 Å². The highest BCUT2D eigenvalue weighted by Crippen LogP contribution is 2.25. The summed E-state index contributed by atoms with van der Waals surface area (Å²) >= 11 is 0. The average molecular weight is 288 g/mol. The minimum Gasteiger partial charge on any atom is -0.339 e. The van der Waals surface area contributed by atoms with Gasteiger partial charge in [-0.2, -0.15) is 5.26 Å². The molecule has 0 saturated heterocycles. The van der Waals surface area contributed by atoms with E-state index in [2.05, 4.69) is 15.7 Å². The number of nitrogens with one attached hydrogen (secondary N) is 2. The molecule has 0 amide bonds. The molecule has 0 atom stereocenters. The Balaban J connectivity index is 2.42. The number of nitrogen functional groups attached to an aromatic ring is 1. The number of rotatable bonds is 4. The van der Waals surface area contributed by atoms with Crippen LogP contribution in [0.15, 0.2) is 30.3 Å². The number of nitriles is 1. The summed E-state index contributed by atoms with van der Waals surface area (Å²) in [5.74, 6) is 4.80. The monoisotopic (exact) mass is 288 g/mol. The molecule has 0 unspecified atom stereocenters. The molecule has 4 N–H and O–H groups in total. The van der Waals surface area contributed by atoms with Gasteiger partial charge < -0.3 is 10.7 Å². The van der Waals surface area contributed by atoms with E-state index in [0.29, 0.717) is 0 Å². The highest BCUT2D eigenvalue weighted by atomic mass is 19.1. The van der Waals surface area contributed by atoms with Gasteiger partial charge in [-0.25, -0.2) is 15.2 Å². The molecule has 8 nitrogen and oxygen atoms in total. The van der Waals surface area contributed by atoms with E-state index in [1.807, 2.05) is 6.07 Å². The Morgan fingerprint density at radius 3 is 2.67 bits per heavy atom. The van der Waals surface area contributed by atoms with Crippen LogP contribution in [0.1, 0.15) is 5.56 Å². The van der Waals surface area contributed by atoms with Crippen molar-refractivity contribution in [3.63, 3.8) is 0 Å². The smallest absolute Gasteiger partial charge is 0.276 e. The first-order valence-electron chi connectivity index (χ1n) is 5.63. The molecule has 0 radical (unpaired) electrons. The Morgan fingerprint density at radius 1 is 1.33 bits per heavy atom. The fourth-order valence-electron chi connectivity index (χ4n) is 1.62. The number of benzene rings is 1. The summed E-state index contributed by atoms with van der Waals surface area (Å²) < 4.78 is 13.1. The summed E-state index contributed by atoms with van der Waals surface area (Å²) in [6.07, 6.45) is 0. The van der Waals surface area contributed by atoms with Crippen LogP contribution >= 0.6 is 0 Å². The van der Waals surface area contributed by atoms with Crippen molar-refractivity contribution in [3.8, 4) is 6.07 Å². The Kier molecular flexibility index (Phi) is 3.92. The highest BCUT2D eigenvalue weighted by molar-refractivity contribution is 5.67. The summed E-state index contributed by atoms with van der Waals surface area (Å²) in [5, 5.41) is 22.5. The lowest BCUT2D eigenvalue weighted by Crippen LogP contribution is -2.10. The van der Waals surface area contributed by atoms with Crippen LogP contribution < -0.4 is 16.6 Å². The summed E-state index contributed by atoms with van der Waals surface area (Å²) in [7, 11) is 0. The standard InChI is InChI=1S/C12H9FN6O2/c13-8-1-2-10(7(3-8)6-14)16-11-4-9(19(20)21)5-12(17-11)18-15/h1-5H,15H2,(H2,16,17,18). The van der Waals surface area contributed by atoms with Crippen LogP contribution in [-0.2, 0) is 0 Å². The predicted octanol–water partition coefficient (Wildman–Crippen LogP) is 2.03. The third-order valence-corrected chi connectivity index (χ3v) is 2.53. The summed E-state index contributed by atoms with van der Waals surface area (Å²) in [6.45, 7) is 0. The van der Waals surface area contributed by atoms with Gasteiger partial charge in [-0.3, -0.25) is 10.1 Å². The molecule has 0 aliphatic carbocycles. The normalized spacial score (nSPS) is 9.76.